The molecule has 5 heteroatoms. The Balaban J connectivity index is 2.08. The molecule has 3 rings (SSSR count). The molecule has 5 nitrogen and oxygen atoms in total. The maximum atomic E-state index is 11.7. The van der Waals surface area contributed by atoms with Crippen LogP contribution in [-0.2, 0) is 4.74 Å². The van der Waals surface area contributed by atoms with Crippen molar-refractivity contribution in [1.29, 1.82) is 0 Å². The molecule has 0 aliphatic carbocycles. The molecule has 3 heterocycles. The molecule has 2 aromatic heterocycles. The zero-order valence-electron chi connectivity index (χ0n) is 10.2. The topological polar surface area (TPSA) is 55.6 Å². The molecule has 1 aliphatic rings. The van der Waals surface area contributed by atoms with Gasteiger partial charge in [-0.2, -0.15) is 0 Å². The average Bonchev–Trinajstić information content (AvgIpc) is 3.04. The van der Waals surface area contributed by atoms with Crippen molar-refractivity contribution in [3.8, 4) is 0 Å². The molecule has 1 fully saturated rings. The van der Waals surface area contributed by atoms with Crippen molar-refractivity contribution >= 4 is 11.6 Å². The molecule has 1 N–H and O–H groups in total. The zero-order valence-corrected chi connectivity index (χ0v) is 10.2. The SMILES string of the molecule is COC(=O)c1cccn2cc(C3CCNC3)nc12. The van der Waals surface area contributed by atoms with Gasteiger partial charge in [0.1, 0.15) is 5.56 Å². The fourth-order valence-electron chi connectivity index (χ4n) is 2.41. The fourth-order valence-corrected chi connectivity index (χ4v) is 2.41. The summed E-state index contributed by atoms with van der Waals surface area (Å²) in [7, 11) is 1.39. The summed E-state index contributed by atoms with van der Waals surface area (Å²) in [5, 5.41) is 3.32. The van der Waals surface area contributed by atoms with Gasteiger partial charge in [-0.3, -0.25) is 0 Å². The summed E-state index contributed by atoms with van der Waals surface area (Å²) in [6, 6.07) is 3.57. The highest BCUT2D eigenvalue weighted by molar-refractivity contribution is 5.95. The number of hydrogen-bond acceptors (Lipinski definition) is 4. The molecular formula is C13H15N3O2. The normalized spacial score (nSPS) is 19.3. The first-order valence-electron chi connectivity index (χ1n) is 6.06. The molecule has 1 aliphatic heterocycles. The number of nitrogens with zero attached hydrogens (tertiary/aromatic N) is 2. The fraction of sp³-hybridized carbons (Fsp3) is 0.385. The Hall–Kier alpha value is -1.88. The zero-order chi connectivity index (χ0) is 12.5. The van der Waals surface area contributed by atoms with Crippen molar-refractivity contribution in [2.24, 2.45) is 0 Å². The Morgan fingerprint density at radius 2 is 2.50 bits per heavy atom. The Bertz CT molecular complexity index is 585. The van der Waals surface area contributed by atoms with Gasteiger partial charge in [0.2, 0.25) is 0 Å². The van der Waals surface area contributed by atoms with Crippen LogP contribution >= 0.6 is 0 Å². The van der Waals surface area contributed by atoms with Crippen LogP contribution < -0.4 is 5.32 Å². The lowest BCUT2D eigenvalue weighted by atomic mass is 10.1. The summed E-state index contributed by atoms with van der Waals surface area (Å²) in [4.78, 5) is 16.3. The first-order chi connectivity index (χ1) is 8.79. The second-order valence-corrected chi connectivity index (χ2v) is 4.50. The number of methoxy groups -OCH3 is 1. The molecule has 2 aromatic rings. The number of nitrogens with one attached hydrogen (secondary N) is 1. The van der Waals surface area contributed by atoms with Gasteiger partial charge in [0.15, 0.2) is 5.65 Å². The van der Waals surface area contributed by atoms with Crippen LogP contribution in [0, 0.1) is 0 Å². The van der Waals surface area contributed by atoms with E-state index in [1.54, 1.807) is 6.07 Å². The molecule has 1 saturated heterocycles. The number of carbonyl (C=O) groups excluding carboxylic acids is 1. The highest BCUT2D eigenvalue weighted by atomic mass is 16.5. The number of rotatable bonds is 2. The van der Waals surface area contributed by atoms with E-state index >= 15 is 0 Å². The molecule has 0 bridgehead atoms. The van der Waals surface area contributed by atoms with Gasteiger partial charge in [0, 0.05) is 24.9 Å². The lowest BCUT2D eigenvalue weighted by Gasteiger charge is -2.01. The smallest absolute Gasteiger partial charge is 0.341 e. The summed E-state index contributed by atoms with van der Waals surface area (Å²) < 4.78 is 6.66. The predicted octanol–water partition coefficient (Wildman–Crippen LogP) is 1.20. The van der Waals surface area contributed by atoms with E-state index in [1.807, 2.05) is 22.9 Å². The van der Waals surface area contributed by atoms with Crippen molar-refractivity contribution < 1.29 is 9.53 Å². The maximum Gasteiger partial charge on any atom is 0.341 e. The van der Waals surface area contributed by atoms with Crippen molar-refractivity contribution in [3.05, 3.63) is 35.8 Å². The van der Waals surface area contributed by atoms with Crippen LogP contribution in [0.25, 0.3) is 5.65 Å². The molecule has 18 heavy (non-hydrogen) atoms. The number of aromatic nitrogens is 2. The molecule has 0 spiro atoms. The van der Waals surface area contributed by atoms with Crippen molar-refractivity contribution in [3.63, 3.8) is 0 Å². The van der Waals surface area contributed by atoms with E-state index in [0.717, 1.165) is 25.2 Å². The average molecular weight is 245 g/mol. The van der Waals surface area contributed by atoms with Gasteiger partial charge >= 0.3 is 5.97 Å². The molecule has 94 valence electrons. The number of pyridine rings is 1. The van der Waals surface area contributed by atoms with Gasteiger partial charge in [-0.1, -0.05) is 0 Å². The number of esters is 1. The summed E-state index contributed by atoms with van der Waals surface area (Å²) in [5.41, 5.74) is 2.22. The lowest BCUT2D eigenvalue weighted by Crippen LogP contribution is -2.08. The summed E-state index contributed by atoms with van der Waals surface area (Å²) >= 11 is 0. The minimum Gasteiger partial charge on any atom is -0.465 e. The highest BCUT2D eigenvalue weighted by Gasteiger charge is 2.21. The Morgan fingerprint density at radius 1 is 1.61 bits per heavy atom. The van der Waals surface area contributed by atoms with Crippen LogP contribution in [0.5, 0.6) is 0 Å². The number of ether oxygens (including phenoxy) is 1. The summed E-state index contributed by atoms with van der Waals surface area (Å²) in [6.45, 7) is 1.99. The van der Waals surface area contributed by atoms with Crippen LogP contribution in [0.2, 0.25) is 0 Å². The van der Waals surface area contributed by atoms with Crippen LogP contribution in [0.3, 0.4) is 0 Å². The van der Waals surface area contributed by atoms with Gasteiger partial charge in [-0.15, -0.1) is 0 Å². The third-order valence-corrected chi connectivity index (χ3v) is 3.39. The van der Waals surface area contributed by atoms with Gasteiger partial charge in [-0.05, 0) is 25.1 Å². The molecule has 0 radical (unpaired) electrons. The summed E-state index contributed by atoms with van der Waals surface area (Å²) in [6.07, 6.45) is 5.00. The largest absolute Gasteiger partial charge is 0.465 e. The van der Waals surface area contributed by atoms with Crippen LogP contribution in [0.1, 0.15) is 28.4 Å². The first kappa shape index (κ1) is 11.2. The van der Waals surface area contributed by atoms with Crippen molar-refractivity contribution in [2.75, 3.05) is 20.2 Å². The molecule has 1 atom stereocenters. The quantitative estimate of drug-likeness (QED) is 0.808. The Labute approximate surface area is 105 Å². The minimum absolute atomic E-state index is 0.345. The number of hydrogen-bond donors (Lipinski definition) is 1. The lowest BCUT2D eigenvalue weighted by molar-refractivity contribution is 0.0602. The second kappa shape index (κ2) is 4.42. The molecule has 0 aromatic carbocycles. The van der Waals surface area contributed by atoms with Gasteiger partial charge in [0.05, 0.1) is 12.8 Å². The van der Waals surface area contributed by atoms with Gasteiger partial charge < -0.3 is 14.5 Å². The molecule has 0 amide bonds. The van der Waals surface area contributed by atoms with Gasteiger partial charge in [0.25, 0.3) is 0 Å². The van der Waals surface area contributed by atoms with E-state index in [2.05, 4.69) is 10.3 Å². The monoisotopic (exact) mass is 245 g/mol. The Morgan fingerprint density at radius 3 is 3.22 bits per heavy atom. The van der Waals surface area contributed by atoms with E-state index in [4.69, 9.17) is 4.74 Å². The van der Waals surface area contributed by atoms with Gasteiger partial charge in [-0.25, -0.2) is 9.78 Å². The van der Waals surface area contributed by atoms with Crippen LogP contribution in [0.4, 0.5) is 0 Å². The van der Waals surface area contributed by atoms with E-state index in [1.165, 1.54) is 7.11 Å². The Kier molecular flexibility index (Phi) is 2.76. The number of imidazole rings is 1. The van der Waals surface area contributed by atoms with E-state index in [9.17, 15) is 4.79 Å². The van der Waals surface area contributed by atoms with Crippen LogP contribution in [0.15, 0.2) is 24.5 Å². The van der Waals surface area contributed by atoms with E-state index in [0.29, 0.717) is 17.1 Å². The van der Waals surface area contributed by atoms with E-state index in [-0.39, 0.29) is 5.97 Å². The second-order valence-electron chi connectivity index (χ2n) is 4.50. The highest BCUT2D eigenvalue weighted by Crippen LogP contribution is 2.23. The first-order valence-corrected chi connectivity index (χ1v) is 6.06. The van der Waals surface area contributed by atoms with Crippen molar-refractivity contribution in [2.45, 2.75) is 12.3 Å². The van der Waals surface area contributed by atoms with Crippen molar-refractivity contribution in [1.82, 2.24) is 14.7 Å². The molecule has 0 saturated carbocycles. The number of carbonyl (C=O) groups is 1. The van der Waals surface area contributed by atoms with E-state index < -0.39 is 0 Å². The summed E-state index contributed by atoms with van der Waals surface area (Å²) in [5.74, 6) is 0.0951. The predicted molar refractivity (Wildman–Crippen MR) is 66.8 cm³/mol. The third kappa shape index (κ3) is 1.76. The minimum atomic E-state index is -0.345. The third-order valence-electron chi connectivity index (χ3n) is 3.39. The number of fused-ring (bicyclic) bond motifs is 1. The van der Waals surface area contributed by atoms with Crippen LogP contribution in [-0.4, -0.2) is 35.6 Å². The maximum absolute atomic E-state index is 11.7. The standard InChI is InChI=1S/C13H15N3O2/c1-18-13(17)10-3-2-6-16-8-11(15-12(10)16)9-4-5-14-7-9/h2-3,6,8-9,14H,4-5,7H2,1H3. The molecule has 1 unspecified atom stereocenters. The molecular weight excluding hydrogens is 230 g/mol.